The SMILES string of the molecule is CCN=C(N)NC=NC. The number of nitrogens with one attached hydrogen (secondary N) is 1. The van der Waals surface area contributed by atoms with Gasteiger partial charge in [0.05, 0.1) is 6.34 Å². The predicted molar refractivity (Wildman–Crippen MR) is 39.7 cm³/mol. The van der Waals surface area contributed by atoms with Crippen molar-refractivity contribution in [1.82, 2.24) is 5.32 Å². The molecule has 0 aliphatic carbocycles. The molecular formula is C5H12N4. The van der Waals surface area contributed by atoms with Gasteiger partial charge >= 0.3 is 0 Å². The Morgan fingerprint density at radius 1 is 1.78 bits per heavy atom. The molecule has 0 saturated heterocycles. The molecule has 0 spiro atoms. The number of nitrogens with zero attached hydrogens (tertiary/aromatic N) is 2. The highest BCUT2D eigenvalue weighted by Crippen LogP contribution is 1.62. The average molecular weight is 128 g/mol. The lowest BCUT2D eigenvalue weighted by Gasteiger charge is -1.94. The van der Waals surface area contributed by atoms with Crippen molar-refractivity contribution in [2.75, 3.05) is 13.6 Å². The largest absolute Gasteiger partial charge is 0.370 e. The zero-order valence-corrected chi connectivity index (χ0v) is 5.76. The van der Waals surface area contributed by atoms with Crippen LogP contribution in [-0.2, 0) is 0 Å². The number of rotatable bonds is 2. The fourth-order valence-electron chi connectivity index (χ4n) is 0.347. The van der Waals surface area contributed by atoms with E-state index >= 15 is 0 Å². The van der Waals surface area contributed by atoms with Gasteiger partial charge in [-0.1, -0.05) is 0 Å². The number of guanidine groups is 1. The van der Waals surface area contributed by atoms with E-state index in [1.54, 1.807) is 7.05 Å². The monoisotopic (exact) mass is 128 g/mol. The van der Waals surface area contributed by atoms with Crippen molar-refractivity contribution in [3.05, 3.63) is 0 Å². The summed E-state index contributed by atoms with van der Waals surface area (Å²) >= 11 is 0. The number of aliphatic imine (C=N–C) groups is 2. The van der Waals surface area contributed by atoms with Crippen molar-refractivity contribution in [1.29, 1.82) is 0 Å². The predicted octanol–water partition coefficient (Wildman–Crippen LogP) is -0.431. The highest BCUT2D eigenvalue weighted by atomic mass is 15.1. The van der Waals surface area contributed by atoms with E-state index in [9.17, 15) is 0 Å². The molecule has 0 aliphatic rings. The summed E-state index contributed by atoms with van der Waals surface area (Å²) in [6, 6.07) is 0. The Morgan fingerprint density at radius 3 is 2.89 bits per heavy atom. The second kappa shape index (κ2) is 5.08. The normalized spacial score (nSPS) is 12.4. The van der Waals surface area contributed by atoms with Crippen LogP contribution in [0.1, 0.15) is 6.92 Å². The molecule has 0 saturated carbocycles. The van der Waals surface area contributed by atoms with Crippen LogP contribution >= 0.6 is 0 Å². The first-order chi connectivity index (χ1) is 4.31. The van der Waals surface area contributed by atoms with Gasteiger partial charge in [0.2, 0.25) is 0 Å². The lowest BCUT2D eigenvalue weighted by molar-refractivity contribution is 1.09. The number of hydrogen-bond donors (Lipinski definition) is 2. The molecule has 0 rings (SSSR count). The highest BCUT2D eigenvalue weighted by molar-refractivity contribution is 5.88. The minimum Gasteiger partial charge on any atom is -0.370 e. The first-order valence-electron chi connectivity index (χ1n) is 2.78. The highest BCUT2D eigenvalue weighted by Gasteiger charge is 1.80. The first kappa shape index (κ1) is 7.94. The van der Waals surface area contributed by atoms with E-state index < -0.39 is 0 Å². The van der Waals surface area contributed by atoms with Crippen LogP contribution in [0, 0.1) is 0 Å². The van der Waals surface area contributed by atoms with Crippen LogP contribution in [-0.4, -0.2) is 25.9 Å². The minimum atomic E-state index is 0.406. The zero-order valence-electron chi connectivity index (χ0n) is 5.76. The summed E-state index contributed by atoms with van der Waals surface area (Å²) < 4.78 is 0. The molecule has 0 unspecified atom stereocenters. The Balaban J connectivity index is 3.49. The molecule has 0 aromatic heterocycles. The van der Waals surface area contributed by atoms with Crippen LogP contribution < -0.4 is 11.1 Å². The van der Waals surface area contributed by atoms with E-state index in [0.29, 0.717) is 12.5 Å². The Bertz CT molecular complexity index is 116. The van der Waals surface area contributed by atoms with E-state index in [-0.39, 0.29) is 0 Å². The van der Waals surface area contributed by atoms with Gasteiger partial charge in [0.1, 0.15) is 0 Å². The Kier molecular flexibility index (Phi) is 4.49. The summed E-state index contributed by atoms with van der Waals surface area (Å²) in [6.07, 6.45) is 1.49. The van der Waals surface area contributed by atoms with Crippen LogP contribution in [0.4, 0.5) is 0 Å². The zero-order chi connectivity index (χ0) is 7.11. The molecule has 9 heavy (non-hydrogen) atoms. The molecule has 0 atom stereocenters. The topological polar surface area (TPSA) is 62.8 Å². The van der Waals surface area contributed by atoms with Crippen molar-refractivity contribution >= 4 is 12.3 Å². The molecule has 0 radical (unpaired) electrons. The third-order valence-corrected chi connectivity index (χ3v) is 0.670. The van der Waals surface area contributed by atoms with Crippen molar-refractivity contribution in [2.45, 2.75) is 6.92 Å². The quantitative estimate of drug-likeness (QED) is 0.391. The van der Waals surface area contributed by atoms with E-state index in [0.717, 1.165) is 0 Å². The number of nitrogens with two attached hydrogens (primary N) is 1. The molecule has 0 bridgehead atoms. The van der Waals surface area contributed by atoms with Gasteiger partial charge in [-0.25, -0.2) is 0 Å². The molecule has 4 nitrogen and oxygen atoms in total. The Morgan fingerprint density at radius 2 is 2.44 bits per heavy atom. The van der Waals surface area contributed by atoms with Crippen molar-refractivity contribution < 1.29 is 0 Å². The van der Waals surface area contributed by atoms with Crippen LogP contribution in [0.15, 0.2) is 9.98 Å². The van der Waals surface area contributed by atoms with Crippen LogP contribution in [0.5, 0.6) is 0 Å². The average Bonchev–Trinajstić information content (AvgIpc) is 1.85. The summed E-state index contributed by atoms with van der Waals surface area (Å²) in [5.41, 5.74) is 5.32. The van der Waals surface area contributed by atoms with Gasteiger partial charge in [-0.2, -0.15) is 0 Å². The fourth-order valence-corrected chi connectivity index (χ4v) is 0.347. The lowest BCUT2D eigenvalue weighted by Crippen LogP contribution is -2.30. The van der Waals surface area contributed by atoms with Gasteiger partial charge in [0, 0.05) is 13.6 Å². The van der Waals surface area contributed by atoms with Gasteiger partial charge in [0.25, 0.3) is 0 Å². The van der Waals surface area contributed by atoms with Gasteiger partial charge in [-0.05, 0) is 6.92 Å². The van der Waals surface area contributed by atoms with Gasteiger partial charge in [-0.3, -0.25) is 9.98 Å². The van der Waals surface area contributed by atoms with E-state index in [4.69, 9.17) is 5.73 Å². The molecule has 0 amide bonds. The van der Waals surface area contributed by atoms with Crippen molar-refractivity contribution in [3.8, 4) is 0 Å². The lowest BCUT2D eigenvalue weighted by atomic mass is 10.8. The van der Waals surface area contributed by atoms with Crippen molar-refractivity contribution in [3.63, 3.8) is 0 Å². The Hall–Kier alpha value is -1.06. The molecule has 0 fully saturated rings. The minimum absolute atomic E-state index is 0.406. The maximum Gasteiger partial charge on any atom is 0.193 e. The summed E-state index contributed by atoms with van der Waals surface area (Å²) in [7, 11) is 1.66. The second-order valence-corrected chi connectivity index (χ2v) is 1.39. The van der Waals surface area contributed by atoms with E-state index in [1.807, 2.05) is 6.92 Å². The summed E-state index contributed by atoms with van der Waals surface area (Å²) in [5, 5.41) is 2.67. The Labute approximate surface area is 54.9 Å². The molecule has 3 N–H and O–H groups in total. The fraction of sp³-hybridized carbons (Fsp3) is 0.600. The smallest absolute Gasteiger partial charge is 0.193 e. The molecule has 0 aromatic carbocycles. The van der Waals surface area contributed by atoms with Crippen LogP contribution in [0.3, 0.4) is 0 Å². The number of hydrogen-bond acceptors (Lipinski definition) is 2. The third-order valence-electron chi connectivity index (χ3n) is 0.670. The standard InChI is InChI=1S/C5H12N4/c1-3-8-5(6)9-4-7-2/h4H,3H2,1-2H3,(H3,6,7,8,9). The summed E-state index contributed by atoms with van der Waals surface area (Å²) in [5.74, 6) is 0.406. The first-order valence-corrected chi connectivity index (χ1v) is 2.78. The van der Waals surface area contributed by atoms with Crippen LogP contribution in [0.2, 0.25) is 0 Å². The molecule has 0 aliphatic heterocycles. The van der Waals surface area contributed by atoms with E-state index in [2.05, 4.69) is 15.3 Å². The molecule has 52 valence electrons. The van der Waals surface area contributed by atoms with Gasteiger partial charge in [0.15, 0.2) is 5.96 Å². The summed E-state index contributed by atoms with van der Waals surface area (Å²) in [4.78, 5) is 7.52. The molecule has 0 aromatic rings. The molecular weight excluding hydrogens is 116 g/mol. The maximum absolute atomic E-state index is 5.32. The second-order valence-electron chi connectivity index (χ2n) is 1.39. The van der Waals surface area contributed by atoms with Crippen molar-refractivity contribution in [2.24, 2.45) is 15.7 Å². The molecule has 4 heteroatoms. The van der Waals surface area contributed by atoms with Crippen LogP contribution in [0.25, 0.3) is 0 Å². The third kappa shape index (κ3) is 4.80. The van der Waals surface area contributed by atoms with Gasteiger partial charge < -0.3 is 11.1 Å². The van der Waals surface area contributed by atoms with Gasteiger partial charge in [-0.15, -0.1) is 0 Å². The molecule has 0 heterocycles. The van der Waals surface area contributed by atoms with E-state index in [1.165, 1.54) is 6.34 Å². The summed E-state index contributed by atoms with van der Waals surface area (Å²) in [6.45, 7) is 2.61. The maximum atomic E-state index is 5.32.